The van der Waals surface area contributed by atoms with Gasteiger partial charge < -0.3 is 10.2 Å². The molecule has 1 saturated heterocycles. The van der Waals surface area contributed by atoms with E-state index < -0.39 is 0 Å². The standard InChI is InChI=1S/C17H22ClN3O.ClH/c1-12-4-3-7-21(16(12)9-19)10-15-11-22-17(20-15)13-5-2-6-14(18)8-13;/h2,5-6,8,11-12,16H,3-4,7,9-10,19H2,1H3;1H. The molecule has 1 aromatic heterocycles. The second kappa shape index (κ2) is 8.15. The monoisotopic (exact) mass is 355 g/mol. The molecule has 0 saturated carbocycles. The zero-order valence-electron chi connectivity index (χ0n) is 13.2. The van der Waals surface area contributed by atoms with Crippen molar-refractivity contribution in [3.63, 3.8) is 0 Å². The summed E-state index contributed by atoms with van der Waals surface area (Å²) in [5.41, 5.74) is 7.80. The van der Waals surface area contributed by atoms with E-state index in [0.29, 0.717) is 29.4 Å². The van der Waals surface area contributed by atoms with Crippen molar-refractivity contribution in [2.24, 2.45) is 11.7 Å². The van der Waals surface area contributed by atoms with Gasteiger partial charge in [0.05, 0.1) is 5.69 Å². The van der Waals surface area contributed by atoms with Gasteiger partial charge in [0.2, 0.25) is 5.89 Å². The Balaban J connectivity index is 0.00000192. The maximum absolute atomic E-state index is 6.02. The van der Waals surface area contributed by atoms with Gasteiger partial charge in [0.1, 0.15) is 6.26 Å². The van der Waals surface area contributed by atoms with E-state index in [9.17, 15) is 0 Å². The van der Waals surface area contributed by atoms with Gasteiger partial charge >= 0.3 is 0 Å². The first kappa shape index (κ1) is 18.3. The highest BCUT2D eigenvalue weighted by Crippen LogP contribution is 2.26. The molecule has 3 rings (SSSR count). The molecule has 4 nitrogen and oxygen atoms in total. The molecule has 0 spiro atoms. The zero-order chi connectivity index (χ0) is 15.5. The average molecular weight is 356 g/mol. The molecule has 23 heavy (non-hydrogen) atoms. The number of halogens is 2. The minimum Gasteiger partial charge on any atom is -0.444 e. The summed E-state index contributed by atoms with van der Waals surface area (Å²) in [7, 11) is 0. The van der Waals surface area contributed by atoms with Gasteiger partial charge in [-0.2, -0.15) is 0 Å². The molecule has 0 aliphatic carbocycles. The first-order valence-corrected chi connectivity index (χ1v) is 8.19. The SMILES string of the molecule is CC1CCCN(Cc2coc(-c3cccc(Cl)c3)n2)C1CN.Cl. The van der Waals surface area contributed by atoms with Crippen molar-refractivity contribution < 1.29 is 4.42 Å². The first-order chi connectivity index (χ1) is 10.7. The minimum absolute atomic E-state index is 0. The molecule has 0 radical (unpaired) electrons. The molecule has 2 aromatic rings. The van der Waals surface area contributed by atoms with E-state index in [0.717, 1.165) is 24.3 Å². The molecule has 0 amide bonds. The number of nitrogens with two attached hydrogens (primary N) is 1. The van der Waals surface area contributed by atoms with E-state index in [4.69, 9.17) is 21.8 Å². The molecule has 2 unspecified atom stereocenters. The van der Waals surface area contributed by atoms with Crippen molar-refractivity contribution in [2.45, 2.75) is 32.4 Å². The van der Waals surface area contributed by atoms with Crippen LogP contribution in [-0.4, -0.2) is 29.0 Å². The average Bonchev–Trinajstić information content (AvgIpc) is 2.96. The molecule has 2 atom stereocenters. The minimum atomic E-state index is 0. The van der Waals surface area contributed by atoms with Crippen molar-refractivity contribution in [3.05, 3.63) is 41.2 Å². The fraction of sp³-hybridized carbons (Fsp3) is 0.471. The normalized spacial score (nSPS) is 21.9. The number of hydrogen-bond donors (Lipinski definition) is 1. The number of hydrogen-bond acceptors (Lipinski definition) is 4. The van der Waals surface area contributed by atoms with Gasteiger partial charge in [0.25, 0.3) is 0 Å². The Bertz CT molecular complexity index is 632. The highest BCUT2D eigenvalue weighted by molar-refractivity contribution is 6.30. The molecule has 1 fully saturated rings. The van der Waals surface area contributed by atoms with Gasteiger partial charge in [-0.15, -0.1) is 12.4 Å². The van der Waals surface area contributed by atoms with Crippen LogP contribution in [0, 0.1) is 5.92 Å². The number of rotatable bonds is 4. The predicted octanol–water partition coefficient (Wildman–Crippen LogP) is 3.98. The summed E-state index contributed by atoms with van der Waals surface area (Å²) in [4.78, 5) is 7.03. The first-order valence-electron chi connectivity index (χ1n) is 7.82. The fourth-order valence-electron chi connectivity index (χ4n) is 3.25. The topological polar surface area (TPSA) is 55.3 Å². The largest absolute Gasteiger partial charge is 0.444 e. The van der Waals surface area contributed by atoms with Crippen molar-refractivity contribution in [1.29, 1.82) is 0 Å². The summed E-state index contributed by atoms with van der Waals surface area (Å²) in [6, 6.07) is 7.99. The highest BCUT2D eigenvalue weighted by atomic mass is 35.5. The summed E-state index contributed by atoms with van der Waals surface area (Å²) in [5, 5.41) is 0.685. The van der Waals surface area contributed by atoms with Gasteiger partial charge in [-0.3, -0.25) is 4.90 Å². The predicted molar refractivity (Wildman–Crippen MR) is 95.8 cm³/mol. The second-order valence-corrected chi connectivity index (χ2v) is 6.48. The van der Waals surface area contributed by atoms with Crippen molar-refractivity contribution in [3.8, 4) is 11.5 Å². The zero-order valence-corrected chi connectivity index (χ0v) is 14.8. The third-order valence-electron chi connectivity index (χ3n) is 4.46. The third kappa shape index (κ3) is 4.27. The van der Waals surface area contributed by atoms with Crippen LogP contribution in [0.15, 0.2) is 34.9 Å². The van der Waals surface area contributed by atoms with Crippen LogP contribution >= 0.6 is 24.0 Å². The lowest BCUT2D eigenvalue weighted by Crippen LogP contribution is -2.48. The number of piperidine rings is 1. The van der Waals surface area contributed by atoms with Gasteiger partial charge in [-0.1, -0.05) is 24.6 Å². The van der Waals surface area contributed by atoms with Crippen LogP contribution in [0.3, 0.4) is 0 Å². The van der Waals surface area contributed by atoms with Crippen molar-refractivity contribution in [2.75, 3.05) is 13.1 Å². The van der Waals surface area contributed by atoms with Crippen molar-refractivity contribution >= 4 is 24.0 Å². The Morgan fingerprint density at radius 1 is 1.43 bits per heavy atom. The van der Waals surface area contributed by atoms with E-state index in [2.05, 4.69) is 16.8 Å². The summed E-state index contributed by atoms with van der Waals surface area (Å²) >= 11 is 6.02. The van der Waals surface area contributed by atoms with E-state index in [-0.39, 0.29) is 12.4 Å². The Kier molecular flexibility index (Phi) is 6.48. The van der Waals surface area contributed by atoms with Crippen LogP contribution in [0.25, 0.3) is 11.5 Å². The molecule has 1 aliphatic rings. The fourth-order valence-corrected chi connectivity index (χ4v) is 3.44. The van der Waals surface area contributed by atoms with Gasteiger partial charge in [0.15, 0.2) is 0 Å². The number of aromatic nitrogens is 1. The molecule has 2 heterocycles. The number of benzene rings is 1. The number of nitrogens with zero attached hydrogens (tertiary/aromatic N) is 2. The van der Waals surface area contributed by atoms with Crippen LogP contribution < -0.4 is 5.73 Å². The Morgan fingerprint density at radius 2 is 2.26 bits per heavy atom. The Labute approximate surface area is 148 Å². The molecule has 6 heteroatoms. The summed E-state index contributed by atoms with van der Waals surface area (Å²) < 4.78 is 5.62. The molecule has 2 N–H and O–H groups in total. The second-order valence-electron chi connectivity index (χ2n) is 6.05. The maximum Gasteiger partial charge on any atom is 0.226 e. The number of oxazole rings is 1. The Hall–Kier alpha value is -1.07. The van der Waals surface area contributed by atoms with Gasteiger partial charge in [0, 0.05) is 29.7 Å². The highest BCUT2D eigenvalue weighted by Gasteiger charge is 2.27. The van der Waals surface area contributed by atoms with Gasteiger partial charge in [-0.05, 0) is 43.5 Å². The summed E-state index contributed by atoms with van der Waals surface area (Å²) in [6.45, 7) is 4.84. The molecule has 1 aromatic carbocycles. The molecular formula is C17H23Cl2N3O. The van der Waals surface area contributed by atoms with Crippen LogP contribution in [0.1, 0.15) is 25.5 Å². The smallest absolute Gasteiger partial charge is 0.226 e. The number of likely N-dealkylation sites (tertiary alicyclic amines) is 1. The Morgan fingerprint density at radius 3 is 3.00 bits per heavy atom. The van der Waals surface area contributed by atoms with Gasteiger partial charge in [-0.25, -0.2) is 4.98 Å². The van der Waals surface area contributed by atoms with E-state index in [1.54, 1.807) is 6.26 Å². The summed E-state index contributed by atoms with van der Waals surface area (Å²) in [6.07, 6.45) is 4.21. The van der Waals surface area contributed by atoms with E-state index >= 15 is 0 Å². The lowest BCUT2D eigenvalue weighted by atomic mass is 9.91. The van der Waals surface area contributed by atoms with Crippen molar-refractivity contribution in [1.82, 2.24) is 9.88 Å². The van der Waals surface area contributed by atoms with E-state index in [1.807, 2.05) is 24.3 Å². The van der Waals surface area contributed by atoms with Crippen LogP contribution in [0.5, 0.6) is 0 Å². The van der Waals surface area contributed by atoms with Crippen LogP contribution in [0.2, 0.25) is 5.02 Å². The maximum atomic E-state index is 6.02. The van der Waals surface area contributed by atoms with Crippen LogP contribution in [0.4, 0.5) is 0 Å². The molecule has 1 aliphatic heterocycles. The lowest BCUT2D eigenvalue weighted by molar-refractivity contribution is 0.0977. The summed E-state index contributed by atoms with van der Waals surface area (Å²) in [5.74, 6) is 1.25. The lowest BCUT2D eigenvalue weighted by Gasteiger charge is -2.38. The molecule has 126 valence electrons. The quantitative estimate of drug-likeness (QED) is 0.901. The third-order valence-corrected chi connectivity index (χ3v) is 4.70. The molecule has 0 bridgehead atoms. The van der Waals surface area contributed by atoms with E-state index in [1.165, 1.54) is 12.8 Å². The molecular weight excluding hydrogens is 333 g/mol. The van der Waals surface area contributed by atoms with Crippen LogP contribution in [-0.2, 0) is 6.54 Å².